The predicted molar refractivity (Wildman–Crippen MR) is 105 cm³/mol. The van der Waals surface area contributed by atoms with E-state index in [-0.39, 0.29) is 6.04 Å². The van der Waals surface area contributed by atoms with Gasteiger partial charge in [0.1, 0.15) is 34.6 Å². The lowest BCUT2D eigenvalue weighted by Gasteiger charge is -2.25. The molecule has 0 saturated heterocycles. The van der Waals surface area contributed by atoms with Gasteiger partial charge >= 0.3 is 0 Å². The smallest absolute Gasteiger partial charge is 0.143 e. The molecule has 1 aliphatic heterocycles. The molecule has 0 bridgehead atoms. The van der Waals surface area contributed by atoms with E-state index in [0.717, 1.165) is 42.4 Å². The van der Waals surface area contributed by atoms with E-state index in [1.165, 1.54) is 0 Å². The number of nitrogens with one attached hydrogen (secondary N) is 2. The van der Waals surface area contributed by atoms with Crippen molar-refractivity contribution in [3.05, 3.63) is 60.2 Å². The van der Waals surface area contributed by atoms with Crippen LogP contribution in [0.1, 0.15) is 18.0 Å². The van der Waals surface area contributed by atoms with Gasteiger partial charge in [0.05, 0.1) is 6.04 Å². The maximum absolute atomic E-state index is 9.71. The highest BCUT2D eigenvalue weighted by Gasteiger charge is 2.26. The Hall–Kier alpha value is -3.30. The Morgan fingerprint density at radius 1 is 1.19 bits per heavy atom. The third kappa shape index (κ3) is 3.37. The molecule has 27 heavy (non-hydrogen) atoms. The first kappa shape index (κ1) is 17.1. The first-order valence-corrected chi connectivity index (χ1v) is 9.04. The summed E-state index contributed by atoms with van der Waals surface area (Å²) in [7, 11) is 1.93. The molecule has 0 amide bonds. The summed E-state index contributed by atoms with van der Waals surface area (Å²) in [5.74, 6) is 2.35. The second kappa shape index (κ2) is 7.52. The van der Waals surface area contributed by atoms with Gasteiger partial charge in [-0.2, -0.15) is 10.4 Å². The number of para-hydroxylation sites is 1. The highest BCUT2D eigenvalue weighted by Crippen LogP contribution is 2.34. The highest BCUT2D eigenvalue weighted by atomic mass is 16.5. The average Bonchev–Trinajstić information content (AvgIpc) is 3.09. The van der Waals surface area contributed by atoms with E-state index in [1.807, 2.05) is 66.3 Å². The number of ether oxygens (including phenoxy) is 1. The fourth-order valence-electron chi connectivity index (χ4n) is 3.39. The van der Waals surface area contributed by atoms with Crippen molar-refractivity contribution in [2.45, 2.75) is 12.5 Å². The molecule has 136 valence electrons. The van der Waals surface area contributed by atoms with Gasteiger partial charge in [0, 0.05) is 18.7 Å². The van der Waals surface area contributed by atoms with Crippen molar-refractivity contribution >= 4 is 5.82 Å². The summed E-state index contributed by atoms with van der Waals surface area (Å²) in [5, 5.41) is 21.0. The molecule has 0 aliphatic carbocycles. The summed E-state index contributed by atoms with van der Waals surface area (Å²) in [4.78, 5) is 0. The van der Waals surface area contributed by atoms with Gasteiger partial charge in [0.25, 0.3) is 0 Å². The number of aromatic nitrogens is 2. The minimum absolute atomic E-state index is 0.243. The van der Waals surface area contributed by atoms with E-state index in [0.29, 0.717) is 11.3 Å². The number of hydrogen-bond acceptors (Lipinski definition) is 5. The number of likely N-dealkylation sites (N-methyl/N-ethyl adjacent to an activating group) is 1. The van der Waals surface area contributed by atoms with Crippen molar-refractivity contribution in [1.29, 1.82) is 5.26 Å². The monoisotopic (exact) mass is 359 g/mol. The lowest BCUT2D eigenvalue weighted by atomic mass is 10.1. The van der Waals surface area contributed by atoms with E-state index >= 15 is 0 Å². The molecule has 1 atom stereocenters. The molecule has 0 spiro atoms. The molecule has 2 N–H and O–H groups in total. The summed E-state index contributed by atoms with van der Waals surface area (Å²) in [6, 6.07) is 19.9. The Morgan fingerprint density at radius 3 is 2.63 bits per heavy atom. The van der Waals surface area contributed by atoms with Crippen LogP contribution < -0.4 is 15.4 Å². The highest BCUT2D eigenvalue weighted by molar-refractivity contribution is 5.74. The molecule has 1 unspecified atom stereocenters. The fraction of sp³-hybridized carbons (Fsp3) is 0.238. The molecule has 0 radical (unpaired) electrons. The third-order valence-electron chi connectivity index (χ3n) is 4.68. The Balaban J connectivity index is 1.64. The van der Waals surface area contributed by atoms with Gasteiger partial charge in [-0.05, 0) is 49.9 Å². The Labute approximate surface area is 158 Å². The number of rotatable bonds is 5. The predicted octanol–water partition coefficient (Wildman–Crippen LogP) is 3.79. The summed E-state index contributed by atoms with van der Waals surface area (Å²) in [5.41, 5.74) is 2.20. The van der Waals surface area contributed by atoms with Crippen LogP contribution in [0, 0.1) is 11.3 Å². The lowest BCUT2D eigenvalue weighted by molar-refractivity contribution is 0.406. The van der Waals surface area contributed by atoms with Gasteiger partial charge < -0.3 is 15.4 Å². The van der Waals surface area contributed by atoms with E-state index in [1.54, 1.807) is 0 Å². The van der Waals surface area contributed by atoms with Gasteiger partial charge in [0.2, 0.25) is 0 Å². The zero-order valence-electron chi connectivity index (χ0n) is 15.1. The lowest BCUT2D eigenvalue weighted by Crippen LogP contribution is -2.30. The van der Waals surface area contributed by atoms with Crippen LogP contribution in [0.4, 0.5) is 5.82 Å². The summed E-state index contributed by atoms with van der Waals surface area (Å²) < 4.78 is 7.79. The molecule has 1 aliphatic rings. The van der Waals surface area contributed by atoms with Crippen LogP contribution in [0.5, 0.6) is 11.5 Å². The topological polar surface area (TPSA) is 74.9 Å². The van der Waals surface area contributed by atoms with Crippen LogP contribution in [0.2, 0.25) is 0 Å². The van der Waals surface area contributed by atoms with Crippen molar-refractivity contribution in [2.75, 3.05) is 25.5 Å². The number of nitrogens with zero attached hydrogens (tertiary/aromatic N) is 3. The number of hydrogen-bond donors (Lipinski definition) is 2. The second-order valence-corrected chi connectivity index (χ2v) is 6.50. The normalized spacial score (nSPS) is 15.5. The van der Waals surface area contributed by atoms with Crippen molar-refractivity contribution in [2.24, 2.45) is 0 Å². The van der Waals surface area contributed by atoms with E-state index in [9.17, 15) is 5.26 Å². The standard InChI is InChI=1S/C21H21N5O/c1-23-14-16-11-12-24-21-19(13-22)20(25-26(16)21)15-7-9-18(10-8-15)27-17-5-3-2-4-6-17/h2-10,16,23-24H,11-12,14H2,1H3. The Morgan fingerprint density at radius 2 is 1.93 bits per heavy atom. The van der Waals surface area contributed by atoms with Crippen molar-refractivity contribution in [1.82, 2.24) is 15.1 Å². The molecular weight excluding hydrogens is 338 g/mol. The quantitative estimate of drug-likeness (QED) is 0.725. The summed E-state index contributed by atoms with van der Waals surface area (Å²) in [6.07, 6.45) is 0.976. The number of anilines is 1. The van der Waals surface area contributed by atoms with Gasteiger partial charge in [-0.25, -0.2) is 4.68 Å². The molecule has 6 nitrogen and oxygen atoms in total. The van der Waals surface area contributed by atoms with Gasteiger partial charge in [-0.1, -0.05) is 18.2 Å². The molecule has 6 heteroatoms. The first-order valence-electron chi connectivity index (χ1n) is 9.04. The molecule has 2 heterocycles. The summed E-state index contributed by atoms with van der Waals surface area (Å²) in [6.45, 7) is 1.67. The maximum atomic E-state index is 9.71. The number of nitriles is 1. The van der Waals surface area contributed by atoms with E-state index < -0.39 is 0 Å². The SMILES string of the molecule is CNCC1CCNc2c(C#N)c(-c3ccc(Oc4ccccc4)cc3)nn21. The second-order valence-electron chi connectivity index (χ2n) is 6.50. The molecule has 2 aromatic carbocycles. The van der Waals surface area contributed by atoms with Gasteiger partial charge in [-0.15, -0.1) is 0 Å². The van der Waals surface area contributed by atoms with Gasteiger partial charge in [-0.3, -0.25) is 0 Å². The fourth-order valence-corrected chi connectivity index (χ4v) is 3.39. The molecule has 0 fully saturated rings. The van der Waals surface area contributed by atoms with Crippen molar-refractivity contribution < 1.29 is 4.74 Å². The zero-order valence-corrected chi connectivity index (χ0v) is 15.1. The van der Waals surface area contributed by atoms with Crippen LogP contribution in [-0.2, 0) is 0 Å². The Bertz CT molecular complexity index is 957. The molecule has 4 rings (SSSR count). The minimum Gasteiger partial charge on any atom is -0.457 e. The summed E-state index contributed by atoms with van der Waals surface area (Å²) >= 11 is 0. The largest absolute Gasteiger partial charge is 0.457 e. The van der Waals surface area contributed by atoms with Crippen LogP contribution >= 0.6 is 0 Å². The third-order valence-corrected chi connectivity index (χ3v) is 4.68. The van der Waals surface area contributed by atoms with Crippen LogP contribution in [-0.4, -0.2) is 29.9 Å². The zero-order chi connectivity index (χ0) is 18.6. The van der Waals surface area contributed by atoms with E-state index in [2.05, 4.69) is 16.7 Å². The molecule has 0 saturated carbocycles. The molecular formula is C21H21N5O. The average molecular weight is 359 g/mol. The number of fused-ring (bicyclic) bond motifs is 1. The van der Waals surface area contributed by atoms with E-state index in [4.69, 9.17) is 9.84 Å². The molecule has 3 aromatic rings. The number of benzene rings is 2. The Kier molecular flexibility index (Phi) is 4.77. The van der Waals surface area contributed by atoms with Crippen LogP contribution in [0.3, 0.4) is 0 Å². The van der Waals surface area contributed by atoms with Gasteiger partial charge in [0.15, 0.2) is 0 Å². The van der Waals surface area contributed by atoms with Crippen molar-refractivity contribution in [3.8, 4) is 28.8 Å². The maximum Gasteiger partial charge on any atom is 0.143 e. The van der Waals surface area contributed by atoms with Crippen LogP contribution in [0.15, 0.2) is 54.6 Å². The van der Waals surface area contributed by atoms with Crippen molar-refractivity contribution in [3.63, 3.8) is 0 Å². The first-order chi connectivity index (χ1) is 13.3. The van der Waals surface area contributed by atoms with Crippen LogP contribution in [0.25, 0.3) is 11.3 Å². The molecule has 1 aromatic heterocycles. The minimum atomic E-state index is 0.243.